The SMILES string of the molecule is CC#CC(=O)O[SiH3]. The summed E-state index contributed by atoms with van der Waals surface area (Å²) in [6, 6.07) is 0. The maximum absolute atomic E-state index is 10.1. The van der Waals surface area contributed by atoms with Crippen LogP contribution in [0.3, 0.4) is 0 Å². The molecular weight excluding hydrogens is 108 g/mol. The van der Waals surface area contributed by atoms with E-state index >= 15 is 0 Å². The molecular formula is C4H6O2Si. The Hall–Kier alpha value is -0.753. The molecule has 0 bridgehead atoms. The van der Waals surface area contributed by atoms with Gasteiger partial charge in [-0.25, -0.2) is 4.79 Å². The fourth-order valence-corrected chi connectivity index (χ4v) is 0.255. The van der Waals surface area contributed by atoms with Crippen LogP contribution >= 0.6 is 0 Å². The third kappa shape index (κ3) is 3.07. The first-order valence-electron chi connectivity index (χ1n) is 1.82. The molecule has 0 aliphatic carbocycles. The summed E-state index contributed by atoms with van der Waals surface area (Å²) in [4.78, 5) is 10.1. The summed E-state index contributed by atoms with van der Waals surface area (Å²) >= 11 is 0. The number of hydrogen-bond donors (Lipinski definition) is 0. The normalized spacial score (nSPS) is 6.43. The Morgan fingerprint density at radius 2 is 2.43 bits per heavy atom. The van der Waals surface area contributed by atoms with Gasteiger partial charge in [0.25, 0.3) is 0 Å². The Bertz CT molecular complexity index is 119. The molecule has 0 aromatic carbocycles. The van der Waals surface area contributed by atoms with E-state index in [0.29, 0.717) is 10.5 Å². The van der Waals surface area contributed by atoms with E-state index in [1.807, 2.05) is 0 Å². The molecule has 0 saturated heterocycles. The van der Waals surface area contributed by atoms with Crippen LogP contribution in [0.5, 0.6) is 0 Å². The minimum atomic E-state index is -0.422. The summed E-state index contributed by atoms with van der Waals surface area (Å²) in [5.74, 6) is 4.21. The van der Waals surface area contributed by atoms with Gasteiger partial charge < -0.3 is 4.43 Å². The molecule has 0 saturated carbocycles. The lowest BCUT2D eigenvalue weighted by molar-refractivity contribution is -0.127. The zero-order chi connectivity index (χ0) is 5.70. The maximum atomic E-state index is 10.1. The van der Waals surface area contributed by atoms with E-state index in [0.717, 1.165) is 0 Å². The Morgan fingerprint density at radius 1 is 1.86 bits per heavy atom. The summed E-state index contributed by atoms with van der Waals surface area (Å²) in [5, 5.41) is 0. The molecule has 0 aromatic rings. The van der Waals surface area contributed by atoms with Gasteiger partial charge in [-0.2, -0.15) is 0 Å². The second kappa shape index (κ2) is 3.44. The van der Waals surface area contributed by atoms with Gasteiger partial charge >= 0.3 is 5.97 Å². The summed E-state index contributed by atoms with van der Waals surface area (Å²) in [6.45, 7) is 1.60. The van der Waals surface area contributed by atoms with Crippen LogP contribution in [0.4, 0.5) is 0 Å². The summed E-state index contributed by atoms with van der Waals surface area (Å²) in [7, 11) is 0.435. The van der Waals surface area contributed by atoms with E-state index in [1.165, 1.54) is 0 Å². The van der Waals surface area contributed by atoms with Gasteiger partial charge in [0.15, 0.2) is 0 Å². The molecule has 3 heteroatoms. The molecule has 0 aromatic heterocycles. The van der Waals surface area contributed by atoms with Gasteiger partial charge in [0.1, 0.15) is 0 Å². The van der Waals surface area contributed by atoms with Crippen molar-refractivity contribution >= 4 is 16.5 Å². The predicted octanol–water partition coefficient (Wildman–Crippen LogP) is -1.17. The van der Waals surface area contributed by atoms with Crippen LogP contribution in [0.15, 0.2) is 0 Å². The molecule has 0 heterocycles. The Labute approximate surface area is 45.4 Å². The molecule has 0 aliphatic heterocycles. The van der Waals surface area contributed by atoms with Crippen LogP contribution in [0, 0.1) is 11.8 Å². The highest BCUT2D eigenvalue weighted by Gasteiger charge is 1.83. The van der Waals surface area contributed by atoms with E-state index in [2.05, 4.69) is 16.3 Å². The quantitative estimate of drug-likeness (QED) is 0.293. The van der Waals surface area contributed by atoms with Crippen molar-refractivity contribution in [1.82, 2.24) is 0 Å². The van der Waals surface area contributed by atoms with Crippen molar-refractivity contribution in [2.45, 2.75) is 6.92 Å². The van der Waals surface area contributed by atoms with Crippen molar-refractivity contribution in [3.8, 4) is 11.8 Å². The number of carbonyl (C=O) groups is 1. The van der Waals surface area contributed by atoms with Crippen LogP contribution in [0.2, 0.25) is 0 Å². The molecule has 0 atom stereocenters. The molecule has 0 aliphatic rings. The van der Waals surface area contributed by atoms with Gasteiger partial charge in [-0.05, 0) is 6.92 Å². The third-order valence-electron chi connectivity index (χ3n) is 0.412. The van der Waals surface area contributed by atoms with Gasteiger partial charge in [0, 0.05) is 5.92 Å². The van der Waals surface area contributed by atoms with Crippen molar-refractivity contribution < 1.29 is 9.22 Å². The summed E-state index contributed by atoms with van der Waals surface area (Å²) in [5.41, 5.74) is 0. The van der Waals surface area contributed by atoms with Crippen molar-refractivity contribution in [3.63, 3.8) is 0 Å². The van der Waals surface area contributed by atoms with E-state index in [9.17, 15) is 4.79 Å². The largest absolute Gasteiger partial charge is 0.519 e. The highest BCUT2D eigenvalue weighted by atomic mass is 28.2. The third-order valence-corrected chi connectivity index (χ3v) is 0.783. The van der Waals surface area contributed by atoms with Crippen molar-refractivity contribution in [2.24, 2.45) is 0 Å². The van der Waals surface area contributed by atoms with E-state index in [1.54, 1.807) is 6.92 Å². The first-order chi connectivity index (χ1) is 3.31. The number of carbonyl (C=O) groups excluding carboxylic acids is 1. The molecule has 38 valence electrons. The fraction of sp³-hybridized carbons (Fsp3) is 0.250. The Kier molecular flexibility index (Phi) is 3.07. The second-order valence-electron chi connectivity index (χ2n) is 0.867. The maximum Gasteiger partial charge on any atom is 0.370 e. The zero-order valence-corrected chi connectivity index (χ0v) is 6.32. The smallest absolute Gasteiger partial charge is 0.370 e. The van der Waals surface area contributed by atoms with Crippen LogP contribution < -0.4 is 0 Å². The van der Waals surface area contributed by atoms with E-state index in [-0.39, 0.29) is 0 Å². The Balaban J connectivity index is 3.52. The fourth-order valence-electron chi connectivity index (χ4n) is 0.153. The lowest BCUT2D eigenvalue weighted by atomic mass is 10.6. The van der Waals surface area contributed by atoms with Gasteiger partial charge in [0.2, 0.25) is 10.5 Å². The van der Waals surface area contributed by atoms with Crippen LogP contribution in [-0.2, 0) is 9.22 Å². The topological polar surface area (TPSA) is 26.3 Å². The van der Waals surface area contributed by atoms with Crippen molar-refractivity contribution in [3.05, 3.63) is 0 Å². The molecule has 0 amide bonds. The molecule has 0 unspecified atom stereocenters. The first-order valence-corrected chi connectivity index (χ1v) is 2.63. The van der Waals surface area contributed by atoms with Gasteiger partial charge in [0.05, 0.1) is 0 Å². The standard InChI is InChI=1S/C4H6O2Si/c1-2-3-4(5)6-7/h1,7H3. The van der Waals surface area contributed by atoms with Crippen molar-refractivity contribution in [1.29, 1.82) is 0 Å². The Morgan fingerprint density at radius 3 is 2.57 bits per heavy atom. The minimum Gasteiger partial charge on any atom is -0.519 e. The molecule has 0 fully saturated rings. The highest BCUT2D eigenvalue weighted by molar-refractivity contribution is 6.09. The molecule has 0 rings (SSSR count). The minimum absolute atomic E-state index is 0.422. The molecule has 0 spiro atoms. The zero-order valence-electron chi connectivity index (χ0n) is 4.32. The number of rotatable bonds is 0. The monoisotopic (exact) mass is 114 g/mol. The molecule has 0 N–H and O–H groups in total. The predicted molar refractivity (Wildman–Crippen MR) is 29.5 cm³/mol. The van der Waals surface area contributed by atoms with Crippen LogP contribution in [0.25, 0.3) is 0 Å². The van der Waals surface area contributed by atoms with Crippen LogP contribution in [-0.4, -0.2) is 16.5 Å². The van der Waals surface area contributed by atoms with Crippen molar-refractivity contribution in [2.75, 3.05) is 0 Å². The highest BCUT2D eigenvalue weighted by Crippen LogP contribution is 1.63. The molecule has 0 radical (unpaired) electrons. The number of hydrogen-bond acceptors (Lipinski definition) is 2. The average Bonchev–Trinajstić information content (AvgIpc) is 1.68. The lowest BCUT2D eigenvalue weighted by Crippen LogP contribution is -1.94. The van der Waals surface area contributed by atoms with E-state index in [4.69, 9.17) is 0 Å². The second-order valence-corrected chi connectivity index (χ2v) is 1.27. The molecule has 7 heavy (non-hydrogen) atoms. The summed E-state index contributed by atoms with van der Waals surface area (Å²) < 4.78 is 4.32. The van der Waals surface area contributed by atoms with E-state index < -0.39 is 5.97 Å². The average molecular weight is 114 g/mol. The van der Waals surface area contributed by atoms with Gasteiger partial charge in [-0.3, -0.25) is 0 Å². The molecule has 2 nitrogen and oxygen atoms in total. The van der Waals surface area contributed by atoms with Gasteiger partial charge in [-0.15, -0.1) is 0 Å². The van der Waals surface area contributed by atoms with Crippen LogP contribution in [0.1, 0.15) is 6.92 Å². The summed E-state index contributed by atoms with van der Waals surface area (Å²) in [6.07, 6.45) is 0. The van der Waals surface area contributed by atoms with Gasteiger partial charge in [-0.1, -0.05) is 5.92 Å². The first kappa shape index (κ1) is 6.25. The lowest BCUT2D eigenvalue weighted by Gasteiger charge is -1.82.